The molecular weight excluding hydrogens is 238 g/mol. The van der Waals surface area contributed by atoms with Crippen LogP contribution < -0.4 is 5.73 Å². The minimum Gasteiger partial charge on any atom is -0.330 e. The Bertz CT molecular complexity index is 226. The molecule has 0 aromatic carbocycles. The second-order valence-corrected chi connectivity index (χ2v) is 5.77. The zero-order valence-corrected chi connectivity index (χ0v) is 12.1. The number of nitrogens with two attached hydrogens (primary N) is 1. The van der Waals surface area contributed by atoms with Crippen molar-refractivity contribution in [2.75, 3.05) is 12.3 Å². The number of unbranched alkanes of at least 4 members (excludes halogenated alkanes) is 6. The lowest BCUT2D eigenvalue weighted by Crippen LogP contribution is -2.03. The van der Waals surface area contributed by atoms with Crippen molar-refractivity contribution in [3.8, 4) is 0 Å². The summed E-state index contributed by atoms with van der Waals surface area (Å²) in [5.74, 6) is -0.0842. The van der Waals surface area contributed by atoms with Gasteiger partial charge in [0.15, 0.2) is 0 Å². The van der Waals surface area contributed by atoms with E-state index >= 15 is 0 Å². The van der Waals surface area contributed by atoms with Gasteiger partial charge in [0.25, 0.3) is 10.1 Å². The van der Waals surface area contributed by atoms with Crippen molar-refractivity contribution in [3.63, 3.8) is 0 Å². The molecule has 4 nitrogen and oxygen atoms in total. The van der Waals surface area contributed by atoms with Crippen molar-refractivity contribution in [3.05, 3.63) is 0 Å². The lowest BCUT2D eigenvalue weighted by molar-refractivity contribution is 0.478. The van der Waals surface area contributed by atoms with Gasteiger partial charge in [-0.25, -0.2) is 0 Å². The molecule has 0 amide bonds. The van der Waals surface area contributed by atoms with Crippen LogP contribution in [-0.2, 0) is 10.1 Å². The van der Waals surface area contributed by atoms with Gasteiger partial charge in [0.2, 0.25) is 0 Å². The second kappa shape index (κ2) is 13.9. The van der Waals surface area contributed by atoms with E-state index in [-0.39, 0.29) is 5.75 Å². The SMILES string of the molecule is CCCCCCCCS(=O)(=O)O.CCCCN. The fraction of sp³-hybridized carbons (Fsp3) is 1.00. The summed E-state index contributed by atoms with van der Waals surface area (Å²) in [5.41, 5.74) is 5.14. The Balaban J connectivity index is 0. The Kier molecular flexibility index (Phi) is 15.7. The Morgan fingerprint density at radius 3 is 1.71 bits per heavy atom. The molecule has 0 radical (unpaired) electrons. The highest BCUT2D eigenvalue weighted by Crippen LogP contribution is 2.05. The minimum absolute atomic E-state index is 0.0842. The van der Waals surface area contributed by atoms with Gasteiger partial charge in [0.05, 0.1) is 5.75 Å². The zero-order chi connectivity index (χ0) is 13.6. The molecule has 5 heteroatoms. The van der Waals surface area contributed by atoms with Gasteiger partial charge in [-0.3, -0.25) is 4.55 Å². The van der Waals surface area contributed by atoms with E-state index in [0.29, 0.717) is 6.42 Å². The average Bonchev–Trinajstić information content (AvgIpc) is 2.24. The molecule has 0 saturated heterocycles. The van der Waals surface area contributed by atoms with E-state index in [0.717, 1.165) is 19.4 Å². The van der Waals surface area contributed by atoms with Crippen molar-refractivity contribution in [1.82, 2.24) is 0 Å². The maximum atomic E-state index is 10.3. The first-order chi connectivity index (χ1) is 7.97. The standard InChI is InChI=1S/C8H18O3S.C4H11N/c1-2-3-4-5-6-7-8-12(9,10)11;1-2-3-4-5/h2-8H2,1H3,(H,9,10,11);2-5H2,1H3. The monoisotopic (exact) mass is 267 g/mol. The van der Waals surface area contributed by atoms with Gasteiger partial charge in [0.1, 0.15) is 0 Å². The van der Waals surface area contributed by atoms with E-state index in [9.17, 15) is 8.42 Å². The first kappa shape index (κ1) is 19.2. The van der Waals surface area contributed by atoms with E-state index in [1.54, 1.807) is 0 Å². The van der Waals surface area contributed by atoms with Crippen LogP contribution in [0.2, 0.25) is 0 Å². The molecular formula is C12H29NO3S. The molecule has 0 unspecified atom stereocenters. The normalized spacial score (nSPS) is 10.8. The smallest absolute Gasteiger partial charge is 0.264 e. The molecule has 0 heterocycles. The van der Waals surface area contributed by atoms with Gasteiger partial charge in [-0.2, -0.15) is 8.42 Å². The van der Waals surface area contributed by atoms with Crippen molar-refractivity contribution >= 4 is 10.1 Å². The topological polar surface area (TPSA) is 80.4 Å². The van der Waals surface area contributed by atoms with E-state index in [1.165, 1.54) is 32.1 Å². The fourth-order valence-corrected chi connectivity index (χ4v) is 1.84. The van der Waals surface area contributed by atoms with E-state index in [1.807, 2.05) is 0 Å². The Morgan fingerprint density at radius 2 is 1.35 bits per heavy atom. The third-order valence-corrected chi connectivity index (χ3v) is 3.12. The molecule has 3 N–H and O–H groups in total. The van der Waals surface area contributed by atoms with Crippen LogP contribution >= 0.6 is 0 Å². The summed E-state index contributed by atoms with van der Waals surface area (Å²) in [6.07, 6.45) is 8.52. The van der Waals surface area contributed by atoms with Crippen LogP contribution in [0.3, 0.4) is 0 Å². The van der Waals surface area contributed by atoms with E-state index in [2.05, 4.69) is 13.8 Å². The number of hydrogen-bond acceptors (Lipinski definition) is 3. The van der Waals surface area contributed by atoms with Crippen molar-refractivity contribution < 1.29 is 13.0 Å². The third kappa shape index (κ3) is 25.8. The highest BCUT2D eigenvalue weighted by molar-refractivity contribution is 7.85. The van der Waals surface area contributed by atoms with Gasteiger partial charge < -0.3 is 5.73 Å². The fourth-order valence-electron chi connectivity index (χ4n) is 1.27. The zero-order valence-electron chi connectivity index (χ0n) is 11.3. The predicted octanol–water partition coefficient (Wildman–Crippen LogP) is 2.98. The van der Waals surface area contributed by atoms with Crippen LogP contribution in [0, 0.1) is 0 Å². The van der Waals surface area contributed by atoms with Crippen molar-refractivity contribution in [1.29, 1.82) is 0 Å². The highest BCUT2D eigenvalue weighted by Gasteiger charge is 2.02. The van der Waals surface area contributed by atoms with Crippen LogP contribution in [0.25, 0.3) is 0 Å². The molecule has 0 aliphatic rings. The average molecular weight is 267 g/mol. The molecule has 0 atom stereocenters. The van der Waals surface area contributed by atoms with Crippen LogP contribution in [0.15, 0.2) is 0 Å². The van der Waals surface area contributed by atoms with E-state index in [4.69, 9.17) is 10.3 Å². The van der Waals surface area contributed by atoms with Gasteiger partial charge in [-0.15, -0.1) is 0 Å². The molecule has 0 aliphatic heterocycles. The quantitative estimate of drug-likeness (QED) is 0.497. The summed E-state index contributed by atoms with van der Waals surface area (Å²) in [6, 6.07) is 0. The van der Waals surface area contributed by atoms with Crippen LogP contribution in [0.1, 0.15) is 65.2 Å². The second-order valence-electron chi connectivity index (χ2n) is 4.20. The molecule has 0 aliphatic carbocycles. The molecule has 0 spiro atoms. The predicted molar refractivity (Wildman–Crippen MR) is 73.8 cm³/mol. The summed E-state index contributed by atoms with van der Waals surface area (Å²) in [5, 5.41) is 0. The van der Waals surface area contributed by atoms with Gasteiger partial charge in [0, 0.05) is 0 Å². The molecule has 0 saturated carbocycles. The van der Waals surface area contributed by atoms with Crippen molar-refractivity contribution in [2.24, 2.45) is 5.73 Å². The van der Waals surface area contributed by atoms with Crippen LogP contribution in [0.5, 0.6) is 0 Å². The van der Waals surface area contributed by atoms with Gasteiger partial charge in [-0.1, -0.05) is 52.4 Å². The van der Waals surface area contributed by atoms with Crippen LogP contribution in [0.4, 0.5) is 0 Å². The molecule has 17 heavy (non-hydrogen) atoms. The molecule has 0 bridgehead atoms. The number of rotatable bonds is 9. The third-order valence-electron chi connectivity index (χ3n) is 2.31. The summed E-state index contributed by atoms with van der Waals surface area (Å²) in [7, 11) is -3.72. The molecule has 106 valence electrons. The molecule has 0 rings (SSSR count). The maximum absolute atomic E-state index is 10.3. The lowest BCUT2D eigenvalue weighted by Gasteiger charge is -1.98. The van der Waals surface area contributed by atoms with Crippen LogP contribution in [-0.4, -0.2) is 25.3 Å². The van der Waals surface area contributed by atoms with Gasteiger partial charge in [-0.05, 0) is 19.4 Å². The minimum atomic E-state index is -3.72. The number of hydrogen-bond donors (Lipinski definition) is 2. The lowest BCUT2D eigenvalue weighted by atomic mass is 10.1. The molecule has 0 fully saturated rings. The summed E-state index contributed by atoms with van der Waals surface area (Å²) in [4.78, 5) is 0. The summed E-state index contributed by atoms with van der Waals surface area (Å²) in [6.45, 7) is 5.11. The molecule has 0 aromatic rings. The van der Waals surface area contributed by atoms with Gasteiger partial charge >= 0.3 is 0 Å². The van der Waals surface area contributed by atoms with Crippen molar-refractivity contribution in [2.45, 2.75) is 65.2 Å². The Labute approximate surface area is 107 Å². The first-order valence-corrected chi connectivity index (χ1v) is 8.24. The Hall–Kier alpha value is -0.130. The first-order valence-electron chi connectivity index (χ1n) is 6.63. The summed E-state index contributed by atoms with van der Waals surface area (Å²) < 4.78 is 28.9. The largest absolute Gasteiger partial charge is 0.330 e. The molecule has 0 aromatic heterocycles. The summed E-state index contributed by atoms with van der Waals surface area (Å²) >= 11 is 0. The highest BCUT2D eigenvalue weighted by atomic mass is 32.2. The Morgan fingerprint density at radius 1 is 0.882 bits per heavy atom. The van der Waals surface area contributed by atoms with E-state index < -0.39 is 10.1 Å². The maximum Gasteiger partial charge on any atom is 0.264 e.